The molecule has 602 valence electrons. The van der Waals surface area contributed by atoms with Crippen molar-refractivity contribution in [2.75, 3.05) is 39.6 Å². The number of allylic oxidation sites excluding steroid dienone is 4. The van der Waals surface area contributed by atoms with Crippen LogP contribution in [0.3, 0.4) is 0 Å². The first-order chi connectivity index (χ1) is 49.5. The summed E-state index contributed by atoms with van der Waals surface area (Å²) in [5.74, 6) is -1.34. The Morgan fingerprint density at radius 2 is 0.529 bits per heavy atom. The van der Waals surface area contributed by atoms with E-state index in [-0.39, 0.29) is 25.7 Å². The highest BCUT2D eigenvalue weighted by molar-refractivity contribution is 7.47. The molecule has 0 aromatic carbocycles. The Hall–Kier alpha value is -2.46. The molecule has 17 nitrogen and oxygen atoms in total. The molecule has 0 bridgehead atoms. The number of phosphoric ester groups is 2. The third kappa shape index (κ3) is 75.8. The second-order valence-electron chi connectivity index (χ2n) is 29.7. The van der Waals surface area contributed by atoms with Gasteiger partial charge in [0.2, 0.25) is 0 Å². The van der Waals surface area contributed by atoms with E-state index in [1.807, 2.05) is 0 Å². The van der Waals surface area contributed by atoms with Gasteiger partial charge in [-0.2, -0.15) is 0 Å². The van der Waals surface area contributed by atoms with Gasteiger partial charge in [0, 0.05) is 25.7 Å². The number of aliphatic hydroxyl groups is 1. The van der Waals surface area contributed by atoms with E-state index in [0.29, 0.717) is 25.7 Å². The molecule has 3 N–H and O–H groups in total. The Morgan fingerprint density at radius 1 is 0.304 bits per heavy atom. The van der Waals surface area contributed by atoms with Gasteiger partial charge < -0.3 is 33.8 Å². The van der Waals surface area contributed by atoms with Crippen molar-refractivity contribution >= 4 is 39.5 Å². The summed E-state index contributed by atoms with van der Waals surface area (Å²) in [6.45, 7) is 7.30. The first kappa shape index (κ1) is 99.5. The van der Waals surface area contributed by atoms with Gasteiger partial charge >= 0.3 is 39.5 Å². The summed E-state index contributed by atoms with van der Waals surface area (Å²) in [6, 6.07) is 0. The number of hydrogen-bond donors (Lipinski definition) is 3. The molecule has 0 aliphatic heterocycles. The SMILES string of the molecule is CCCCCC/C=C\C=C/CCCCCCCC(=O)O[C@H](COC(=O)CCCCCCCCCCCCCCC)COP(=O)(O)OC[C@H](O)COP(=O)(O)OC[C@@H](COC(=O)CCCCCCCCCCCCCCCC(C)C)OC(=O)CCCCCCCCCCCCCCCCCCCC. The molecule has 102 heavy (non-hydrogen) atoms. The maximum atomic E-state index is 13.1. The topological polar surface area (TPSA) is 237 Å². The Morgan fingerprint density at radius 3 is 0.804 bits per heavy atom. The molecule has 0 aliphatic carbocycles. The first-order valence-corrected chi connectivity index (χ1v) is 45.4. The Kier molecular flexibility index (Phi) is 73.5. The van der Waals surface area contributed by atoms with Crippen molar-refractivity contribution in [3.63, 3.8) is 0 Å². The molecule has 2 unspecified atom stereocenters. The number of carbonyl (C=O) groups excluding carboxylic acids is 4. The predicted molar refractivity (Wildman–Crippen MR) is 418 cm³/mol. The molecule has 0 saturated carbocycles. The summed E-state index contributed by atoms with van der Waals surface area (Å²) in [7, 11) is -9.94. The van der Waals surface area contributed by atoms with Crippen LogP contribution in [0.25, 0.3) is 0 Å². The van der Waals surface area contributed by atoms with Gasteiger partial charge in [0.15, 0.2) is 12.2 Å². The van der Waals surface area contributed by atoms with Crippen LogP contribution < -0.4 is 0 Å². The van der Waals surface area contributed by atoms with E-state index in [9.17, 15) is 43.2 Å². The molecule has 0 heterocycles. The highest BCUT2D eigenvalue weighted by Crippen LogP contribution is 2.45. The monoisotopic (exact) mass is 1490 g/mol. The zero-order valence-electron chi connectivity index (χ0n) is 66.2. The van der Waals surface area contributed by atoms with E-state index in [4.69, 9.17) is 37.0 Å². The van der Waals surface area contributed by atoms with Crippen molar-refractivity contribution in [2.45, 2.75) is 438 Å². The van der Waals surface area contributed by atoms with E-state index in [0.717, 1.165) is 109 Å². The summed E-state index contributed by atoms with van der Waals surface area (Å²) in [5, 5.41) is 10.7. The predicted octanol–water partition coefficient (Wildman–Crippen LogP) is 24.8. The second kappa shape index (κ2) is 75.4. The lowest BCUT2D eigenvalue weighted by molar-refractivity contribution is -0.161. The van der Waals surface area contributed by atoms with Gasteiger partial charge in [-0.05, 0) is 57.3 Å². The average molecular weight is 1490 g/mol. The minimum absolute atomic E-state index is 0.0858. The molecule has 0 rings (SSSR count). The summed E-state index contributed by atoms with van der Waals surface area (Å²) < 4.78 is 68.8. The number of unbranched alkanes of at least 4 members (excludes halogenated alkanes) is 50. The van der Waals surface area contributed by atoms with Gasteiger partial charge in [0.25, 0.3) is 0 Å². The molecule has 0 aromatic heterocycles. The van der Waals surface area contributed by atoms with Crippen LogP contribution in [0.15, 0.2) is 24.3 Å². The van der Waals surface area contributed by atoms with E-state index in [1.54, 1.807) is 0 Å². The van der Waals surface area contributed by atoms with Crippen LogP contribution in [0.2, 0.25) is 0 Å². The number of ether oxygens (including phenoxy) is 4. The average Bonchev–Trinajstić information content (AvgIpc) is 0.934. The normalized spacial score (nSPS) is 14.0. The summed E-state index contributed by atoms with van der Waals surface area (Å²) in [4.78, 5) is 73.1. The highest BCUT2D eigenvalue weighted by Gasteiger charge is 2.30. The van der Waals surface area contributed by atoms with Crippen molar-refractivity contribution in [3.8, 4) is 0 Å². The van der Waals surface area contributed by atoms with Crippen LogP contribution >= 0.6 is 15.6 Å². The summed E-state index contributed by atoms with van der Waals surface area (Å²) in [6.07, 6.45) is 70.0. The van der Waals surface area contributed by atoms with Crippen molar-refractivity contribution in [3.05, 3.63) is 24.3 Å². The van der Waals surface area contributed by atoms with Gasteiger partial charge in [0.05, 0.1) is 26.4 Å². The molecule has 0 saturated heterocycles. The van der Waals surface area contributed by atoms with E-state index >= 15 is 0 Å². The van der Waals surface area contributed by atoms with Gasteiger partial charge in [0.1, 0.15) is 19.3 Å². The van der Waals surface area contributed by atoms with Gasteiger partial charge in [-0.3, -0.25) is 37.3 Å². The van der Waals surface area contributed by atoms with Gasteiger partial charge in [-0.15, -0.1) is 0 Å². The lowest BCUT2D eigenvalue weighted by atomic mass is 10.0. The quantitative estimate of drug-likeness (QED) is 0.0169. The Balaban J connectivity index is 5.30. The molecule has 19 heteroatoms. The summed E-state index contributed by atoms with van der Waals surface area (Å²) >= 11 is 0. The number of phosphoric acid groups is 2. The number of aliphatic hydroxyl groups excluding tert-OH is 1. The standard InChI is InChI=1S/C83H158O17P2/c1-6-9-12-15-18-21-24-27-29-30-31-33-38-44-49-54-59-64-69-83(88)100-79(73-94-81(86)67-62-57-52-47-42-39-34-36-40-45-50-55-60-65-76(4)5)75-98-102(91,92)96-71-77(84)70-95-101(89,90)97-74-78(72-93-80(85)66-61-56-51-46-41-35-26-23-20-17-14-11-8-3)99-82(87)68-63-58-53-48-43-37-32-28-25-22-19-16-13-10-7-2/h22,25,28,32,76-79,84H,6-21,23-24,26-27,29-31,33-75H2,1-5H3,(H,89,90)(H,91,92)/b25-22-,32-28-/t77-,78+,79+/m0/s1. The largest absolute Gasteiger partial charge is 0.472 e. The van der Waals surface area contributed by atoms with Crippen LogP contribution in [0.1, 0.15) is 420 Å². The third-order valence-electron chi connectivity index (χ3n) is 18.9. The fourth-order valence-corrected chi connectivity index (χ4v) is 14.0. The molecule has 0 aromatic rings. The van der Waals surface area contributed by atoms with E-state index < -0.39 is 97.5 Å². The fourth-order valence-electron chi connectivity index (χ4n) is 12.4. The lowest BCUT2D eigenvalue weighted by Gasteiger charge is -2.21. The minimum Gasteiger partial charge on any atom is -0.462 e. The maximum absolute atomic E-state index is 13.1. The minimum atomic E-state index is -4.97. The van der Waals surface area contributed by atoms with Crippen molar-refractivity contribution in [1.29, 1.82) is 0 Å². The van der Waals surface area contributed by atoms with Gasteiger partial charge in [-0.1, -0.05) is 367 Å². The zero-order valence-corrected chi connectivity index (χ0v) is 68.0. The van der Waals surface area contributed by atoms with Crippen molar-refractivity contribution < 1.29 is 80.2 Å². The molecule has 0 radical (unpaired) electrons. The molecule has 5 atom stereocenters. The molecular formula is C83H158O17P2. The lowest BCUT2D eigenvalue weighted by Crippen LogP contribution is -2.30. The van der Waals surface area contributed by atoms with Crippen LogP contribution in [0.4, 0.5) is 0 Å². The third-order valence-corrected chi connectivity index (χ3v) is 20.8. The zero-order chi connectivity index (χ0) is 74.8. The van der Waals surface area contributed by atoms with E-state index in [1.165, 1.54) is 231 Å². The molecule has 0 aliphatic rings. The number of hydrogen-bond acceptors (Lipinski definition) is 15. The van der Waals surface area contributed by atoms with Gasteiger partial charge in [-0.25, -0.2) is 9.13 Å². The van der Waals surface area contributed by atoms with Crippen molar-refractivity contribution in [1.82, 2.24) is 0 Å². The van der Waals surface area contributed by atoms with Crippen LogP contribution in [-0.2, 0) is 65.4 Å². The Bertz CT molecular complexity index is 2040. The molecule has 0 amide bonds. The molecular weight excluding hydrogens is 1330 g/mol. The van der Waals surface area contributed by atoms with Crippen LogP contribution in [0.5, 0.6) is 0 Å². The van der Waals surface area contributed by atoms with E-state index in [2.05, 4.69) is 58.9 Å². The number of carbonyl (C=O) groups is 4. The van der Waals surface area contributed by atoms with Crippen molar-refractivity contribution in [2.24, 2.45) is 5.92 Å². The second-order valence-corrected chi connectivity index (χ2v) is 32.6. The number of rotatable bonds is 81. The first-order valence-electron chi connectivity index (χ1n) is 42.5. The maximum Gasteiger partial charge on any atom is 0.472 e. The molecule has 0 spiro atoms. The van der Waals surface area contributed by atoms with Crippen LogP contribution in [0, 0.1) is 5.92 Å². The highest BCUT2D eigenvalue weighted by atomic mass is 31.2. The smallest absolute Gasteiger partial charge is 0.462 e. The molecule has 0 fully saturated rings. The summed E-state index contributed by atoms with van der Waals surface area (Å²) in [5.41, 5.74) is 0. The Labute approximate surface area is 624 Å². The van der Waals surface area contributed by atoms with Crippen LogP contribution in [-0.4, -0.2) is 96.7 Å². The fraction of sp³-hybridized carbons (Fsp3) is 0.904. The number of esters is 4.